The van der Waals surface area contributed by atoms with Gasteiger partial charge in [0.25, 0.3) is 0 Å². The molecule has 0 aromatic rings. The lowest BCUT2D eigenvalue weighted by atomic mass is 10.2. The first-order valence-corrected chi connectivity index (χ1v) is 8.03. The first-order valence-electron chi connectivity index (χ1n) is 6.42. The minimum absolute atomic E-state index is 0.350. The van der Waals surface area contributed by atoms with Crippen molar-refractivity contribution in [2.45, 2.75) is 49.5 Å². The molecule has 1 saturated heterocycles. The summed E-state index contributed by atoms with van der Waals surface area (Å²) in [6.45, 7) is 2.87. The molecule has 0 N–H and O–H groups in total. The Balaban J connectivity index is 2.83. The van der Waals surface area contributed by atoms with Crippen LogP contribution in [0.3, 0.4) is 0 Å². The highest BCUT2D eigenvalue weighted by molar-refractivity contribution is 7.93. The zero-order valence-electron chi connectivity index (χ0n) is 11.1. The van der Waals surface area contributed by atoms with Crippen molar-refractivity contribution in [1.82, 2.24) is 0 Å². The number of esters is 1. The maximum atomic E-state index is 12.4. The quantitative estimate of drug-likeness (QED) is 0.685. The molecule has 1 aliphatic rings. The summed E-state index contributed by atoms with van der Waals surface area (Å²) in [5.41, 5.74) is 0. The van der Waals surface area contributed by atoms with Gasteiger partial charge in [-0.15, -0.1) is 0 Å². The molecule has 0 spiro atoms. The van der Waals surface area contributed by atoms with Crippen molar-refractivity contribution < 1.29 is 22.7 Å². The van der Waals surface area contributed by atoms with Gasteiger partial charge in [-0.1, -0.05) is 19.8 Å². The van der Waals surface area contributed by atoms with E-state index in [-0.39, 0.29) is 0 Å². The van der Waals surface area contributed by atoms with Crippen LogP contribution in [0.2, 0.25) is 0 Å². The van der Waals surface area contributed by atoms with Gasteiger partial charge in [0.15, 0.2) is 15.1 Å². The summed E-state index contributed by atoms with van der Waals surface area (Å²) < 4.78 is 34.7. The number of carbonyl (C=O) groups excluding carboxylic acids is 1. The van der Waals surface area contributed by atoms with E-state index in [1.807, 2.05) is 6.92 Å². The molecule has 0 aliphatic carbocycles. The molecule has 1 aliphatic heterocycles. The number of hydrogen-bond donors (Lipinski definition) is 0. The summed E-state index contributed by atoms with van der Waals surface area (Å²) >= 11 is 0. The van der Waals surface area contributed by atoms with Crippen molar-refractivity contribution in [3.05, 3.63) is 0 Å². The minimum atomic E-state index is -3.46. The number of rotatable bonds is 6. The van der Waals surface area contributed by atoms with Gasteiger partial charge in [-0.2, -0.15) is 0 Å². The first kappa shape index (κ1) is 15.4. The second kappa shape index (κ2) is 7.09. The molecular weight excluding hydrogens is 256 g/mol. The average molecular weight is 278 g/mol. The van der Waals surface area contributed by atoms with E-state index in [0.717, 1.165) is 6.42 Å². The maximum absolute atomic E-state index is 12.4. The molecule has 0 amide bonds. The fourth-order valence-electron chi connectivity index (χ4n) is 2.17. The van der Waals surface area contributed by atoms with E-state index in [1.165, 1.54) is 7.11 Å². The van der Waals surface area contributed by atoms with Crippen LogP contribution >= 0.6 is 0 Å². The van der Waals surface area contributed by atoms with Crippen LogP contribution in [0.4, 0.5) is 0 Å². The molecule has 1 rings (SSSR count). The van der Waals surface area contributed by atoms with Crippen molar-refractivity contribution in [1.29, 1.82) is 0 Å². The van der Waals surface area contributed by atoms with Gasteiger partial charge in [0, 0.05) is 13.2 Å². The summed E-state index contributed by atoms with van der Waals surface area (Å²) in [5.74, 6) is -0.630. The minimum Gasteiger partial charge on any atom is -0.468 e. The first-order chi connectivity index (χ1) is 8.54. The Morgan fingerprint density at radius 2 is 2.00 bits per heavy atom. The highest BCUT2D eigenvalue weighted by atomic mass is 32.2. The van der Waals surface area contributed by atoms with Crippen LogP contribution in [0, 0.1) is 0 Å². The van der Waals surface area contributed by atoms with Crippen LogP contribution in [0.1, 0.15) is 39.0 Å². The van der Waals surface area contributed by atoms with E-state index < -0.39 is 26.3 Å². The number of methoxy groups -OCH3 is 1. The fraction of sp³-hybridized carbons (Fsp3) is 0.917. The third-order valence-corrected chi connectivity index (χ3v) is 5.94. The summed E-state index contributed by atoms with van der Waals surface area (Å²) in [4.78, 5) is 11.7. The Kier molecular flexibility index (Phi) is 6.08. The lowest BCUT2D eigenvalue weighted by Gasteiger charge is -2.25. The van der Waals surface area contributed by atoms with Gasteiger partial charge < -0.3 is 9.47 Å². The van der Waals surface area contributed by atoms with Crippen LogP contribution in [0.5, 0.6) is 0 Å². The topological polar surface area (TPSA) is 69.7 Å². The second-order valence-electron chi connectivity index (χ2n) is 4.55. The van der Waals surface area contributed by atoms with Crippen LogP contribution < -0.4 is 0 Å². The number of unbranched alkanes of at least 4 members (excludes halogenated alkanes) is 1. The molecule has 1 unspecified atom stereocenters. The van der Waals surface area contributed by atoms with Gasteiger partial charge >= 0.3 is 5.97 Å². The zero-order chi connectivity index (χ0) is 13.6. The maximum Gasteiger partial charge on any atom is 0.324 e. The monoisotopic (exact) mass is 278 g/mol. The molecule has 0 radical (unpaired) electrons. The predicted octanol–water partition coefficient (Wildman–Crippen LogP) is 1.31. The van der Waals surface area contributed by atoms with Crippen LogP contribution in [-0.4, -0.2) is 45.2 Å². The summed E-state index contributed by atoms with van der Waals surface area (Å²) in [5, 5.41) is -1.47. The van der Waals surface area contributed by atoms with E-state index in [0.29, 0.717) is 38.9 Å². The molecule has 0 bridgehead atoms. The predicted molar refractivity (Wildman–Crippen MR) is 68.1 cm³/mol. The second-order valence-corrected chi connectivity index (χ2v) is 6.97. The molecule has 0 saturated carbocycles. The molecule has 5 nitrogen and oxygen atoms in total. The Bertz CT molecular complexity index is 357. The zero-order valence-corrected chi connectivity index (χ0v) is 11.9. The average Bonchev–Trinajstić information content (AvgIpc) is 2.39. The summed E-state index contributed by atoms with van der Waals surface area (Å²) in [7, 11) is -2.23. The third kappa shape index (κ3) is 3.68. The van der Waals surface area contributed by atoms with Gasteiger partial charge in [0.2, 0.25) is 0 Å². The van der Waals surface area contributed by atoms with Gasteiger partial charge in [-0.25, -0.2) is 8.42 Å². The standard InChI is InChI=1S/C12H22O5S/c1-3-4-5-11(12(13)16-2)18(14,15)10-6-8-17-9-7-10/h10-11H,3-9H2,1-2H3. The van der Waals surface area contributed by atoms with E-state index in [9.17, 15) is 13.2 Å². The van der Waals surface area contributed by atoms with E-state index in [4.69, 9.17) is 4.74 Å². The summed E-state index contributed by atoms with van der Waals surface area (Å²) in [6.07, 6.45) is 2.87. The molecular formula is C12H22O5S. The van der Waals surface area contributed by atoms with Crippen LogP contribution in [0.15, 0.2) is 0 Å². The molecule has 0 aromatic heterocycles. The Hall–Kier alpha value is -0.620. The van der Waals surface area contributed by atoms with Gasteiger partial charge in [0.05, 0.1) is 12.4 Å². The number of ether oxygens (including phenoxy) is 2. The normalized spacial score (nSPS) is 19.4. The fourth-order valence-corrected chi connectivity index (χ4v) is 4.35. The Labute approximate surface area is 109 Å². The van der Waals surface area contributed by atoms with Crippen molar-refractivity contribution in [3.8, 4) is 0 Å². The van der Waals surface area contributed by atoms with Gasteiger partial charge in [-0.05, 0) is 19.3 Å². The van der Waals surface area contributed by atoms with Crippen molar-refractivity contribution in [2.75, 3.05) is 20.3 Å². The molecule has 1 heterocycles. The van der Waals surface area contributed by atoms with Crippen LogP contribution in [-0.2, 0) is 24.1 Å². The van der Waals surface area contributed by atoms with Crippen molar-refractivity contribution in [2.24, 2.45) is 0 Å². The SMILES string of the molecule is CCCCC(C(=O)OC)S(=O)(=O)C1CCOCC1. The molecule has 18 heavy (non-hydrogen) atoms. The lowest BCUT2D eigenvalue weighted by Crippen LogP contribution is -2.40. The lowest BCUT2D eigenvalue weighted by molar-refractivity contribution is -0.140. The number of hydrogen-bond acceptors (Lipinski definition) is 5. The molecule has 1 fully saturated rings. The third-order valence-electron chi connectivity index (χ3n) is 3.31. The Morgan fingerprint density at radius 3 is 2.50 bits per heavy atom. The highest BCUT2D eigenvalue weighted by Gasteiger charge is 2.39. The smallest absolute Gasteiger partial charge is 0.324 e. The van der Waals surface area contributed by atoms with Crippen molar-refractivity contribution in [3.63, 3.8) is 0 Å². The van der Waals surface area contributed by atoms with Gasteiger partial charge in [-0.3, -0.25) is 4.79 Å². The number of sulfone groups is 1. The highest BCUT2D eigenvalue weighted by Crippen LogP contribution is 2.23. The van der Waals surface area contributed by atoms with Crippen LogP contribution in [0.25, 0.3) is 0 Å². The van der Waals surface area contributed by atoms with Crippen molar-refractivity contribution >= 4 is 15.8 Å². The van der Waals surface area contributed by atoms with E-state index >= 15 is 0 Å². The summed E-state index contributed by atoms with van der Waals surface area (Å²) in [6, 6.07) is 0. The largest absolute Gasteiger partial charge is 0.468 e. The number of carbonyl (C=O) groups is 1. The molecule has 6 heteroatoms. The van der Waals surface area contributed by atoms with E-state index in [1.54, 1.807) is 0 Å². The molecule has 0 aromatic carbocycles. The Morgan fingerprint density at radius 1 is 1.39 bits per heavy atom. The van der Waals surface area contributed by atoms with Gasteiger partial charge in [0.1, 0.15) is 0 Å². The van der Waals surface area contributed by atoms with E-state index in [2.05, 4.69) is 4.74 Å². The molecule has 106 valence electrons. The molecule has 1 atom stereocenters.